The fraction of sp³-hybridized carbons (Fsp3) is 0.500. The minimum absolute atomic E-state index is 0.174. The molecule has 1 heterocycles. The average molecular weight is 186 g/mol. The molecule has 1 atom stereocenters. The molecular weight excluding hydrogens is 178 g/mol. The van der Waals surface area contributed by atoms with E-state index in [1.807, 2.05) is 5.10 Å². The molecule has 7 nitrogen and oxygen atoms in total. The van der Waals surface area contributed by atoms with Crippen LogP contribution in [0.1, 0.15) is 0 Å². The first-order valence-corrected chi connectivity index (χ1v) is 3.43. The summed E-state index contributed by atoms with van der Waals surface area (Å²) in [5, 5.41) is 14.2. The van der Waals surface area contributed by atoms with Crippen molar-refractivity contribution in [1.29, 1.82) is 0 Å². The van der Waals surface area contributed by atoms with E-state index in [2.05, 4.69) is 16.2 Å². The molecule has 0 aliphatic heterocycles. The van der Waals surface area contributed by atoms with Crippen LogP contribution in [-0.2, 0) is 11.3 Å². The molecule has 0 bridgehead atoms. The van der Waals surface area contributed by atoms with E-state index in [0.29, 0.717) is 0 Å². The minimum atomic E-state index is -1.16. The average Bonchev–Trinajstić information content (AvgIpc) is 2.13. The van der Waals surface area contributed by atoms with Crippen LogP contribution in [0.25, 0.3) is 0 Å². The van der Waals surface area contributed by atoms with Gasteiger partial charge in [-0.15, -0.1) is 0 Å². The highest BCUT2D eigenvalue weighted by Crippen LogP contribution is 1.85. The smallest absolute Gasteiger partial charge is 0.330 e. The molecule has 13 heavy (non-hydrogen) atoms. The van der Waals surface area contributed by atoms with Gasteiger partial charge in [0, 0.05) is 7.11 Å². The van der Waals surface area contributed by atoms with Gasteiger partial charge in [0.15, 0.2) is 6.29 Å². The largest absolute Gasteiger partial charge is 0.366 e. The Morgan fingerprint density at radius 2 is 2.46 bits per heavy atom. The zero-order valence-electron chi connectivity index (χ0n) is 6.85. The van der Waals surface area contributed by atoms with Gasteiger partial charge in [0.2, 0.25) is 6.33 Å². The van der Waals surface area contributed by atoms with Gasteiger partial charge in [-0.3, -0.25) is 14.2 Å². The van der Waals surface area contributed by atoms with Crippen molar-refractivity contribution in [2.45, 2.75) is 12.8 Å². The summed E-state index contributed by atoms with van der Waals surface area (Å²) in [6.07, 6.45) is 1.05. The lowest BCUT2D eigenvalue weighted by molar-refractivity contribution is -0.0843. The Labute approximate surface area is 72.6 Å². The number of methoxy groups -OCH3 is 1. The van der Waals surface area contributed by atoms with Crippen LogP contribution in [0.4, 0.5) is 0 Å². The van der Waals surface area contributed by atoms with E-state index in [4.69, 9.17) is 5.11 Å². The van der Waals surface area contributed by atoms with Crippen molar-refractivity contribution < 1.29 is 9.84 Å². The Bertz CT molecular complexity index is 382. The molecule has 0 aliphatic rings. The zero-order chi connectivity index (χ0) is 9.84. The van der Waals surface area contributed by atoms with Crippen LogP contribution in [-0.4, -0.2) is 33.3 Å². The normalized spacial score (nSPS) is 12.8. The standard InChI is InChI=1S/C6H8N3O4/c1-13-4(10)2-9-3-7-8-5(11)6(9)12/h4,10H,2H2,1H3,(H,8,11). The van der Waals surface area contributed by atoms with Crippen molar-refractivity contribution in [3.05, 3.63) is 27.0 Å². The predicted molar refractivity (Wildman–Crippen MR) is 41.0 cm³/mol. The molecule has 1 aromatic heterocycles. The van der Waals surface area contributed by atoms with E-state index < -0.39 is 17.4 Å². The molecule has 2 N–H and O–H groups in total. The van der Waals surface area contributed by atoms with E-state index in [9.17, 15) is 9.59 Å². The fourth-order valence-electron chi connectivity index (χ4n) is 0.706. The number of aliphatic hydroxyl groups excluding tert-OH is 1. The van der Waals surface area contributed by atoms with Crippen LogP contribution in [0, 0.1) is 6.33 Å². The van der Waals surface area contributed by atoms with Gasteiger partial charge >= 0.3 is 11.1 Å². The van der Waals surface area contributed by atoms with Crippen LogP contribution >= 0.6 is 0 Å². The second-order valence-electron chi connectivity index (χ2n) is 2.26. The monoisotopic (exact) mass is 186 g/mol. The number of aliphatic hydroxyl groups is 1. The van der Waals surface area contributed by atoms with Crippen LogP contribution in [0.2, 0.25) is 0 Å². The number of ether oxygens (including phenoxy) is 1. The van der Waals surface area contributed by atoms with Gasteiger partial charge in [-0.1, -0.05) is 0 Å². The summed E-state index contributed by atoms with van der Waals surface area (Å²) < 4.78 is 5.33. The van der Waals surface area contributed by atoms with Gasteiger partial charge in [0.05, 0.1) is 6.54 Å². The van der Waals surface area contributed by atoms with Crippen molar-refractivity contribution in [2.75, 3.05) is 7.11 Å². The second-order valence-corrected chi connectivity index (χ2v) is 2.26. The number of rotatable bonds is 3. The maximum Gasteiger partial charge on any atom is 0.330 e. The first kappa shape index (κ1) is 9.62. The summed E-state index contributed by atoms with van der Waals surface area (Å²) in [5.41, 5.74) is -1.69. The van der Waals surface area contributed by atoms with Gasteiger partial charge in [-0.25, -0.2) is 5.10 Å². The second kappa shape index (κ2) is 3.97. The van der Waals surface area contributed by atoms with E-state index in [-0.39, 0.29) is 6.54 Å². The van der Waals surface area contributed by atoms with E-state index in [0.717, 1.165) is 4.57 Å². The highest BCUT2D eigenvalue weighted by atomic mass is 16.6. The molecule has 0 saturated heterocycles. The number of hydrogen-bond donors (Lipinski definition) is 2. The molecule has 7 heteroatoms. The van der Waals surface area contributed by atoms with Crippen molar-refractivity contribution in [3.63, 3.8) is 0 Å². The van der Waals surface area contributed by atoms with Crippen molar-refractivity contribution in [3.8, 4) is 0 Å². The molecule has 1 rings (SSSR count). The third-order valence-corrected chi connectivity index (χ3v) is 1.38. The fourth-order valence-corrected chi connectivity index (χ4v) is 0.706. The van der Waals surface area contributed by atoms with Crippen LogP contribution in [0.3, 0.4) is 0 Å². The van der Waals surface area contributed by atoms with Gasteiger partial charge in [0.25, 0.3) is 0 Å². The summed E-state index contributed by atoms with van der Waals surface area (Å²) in [5.74, 6) is 0. The van der Waals surface area contributed by atoms with Crippen LogP contribution in [0.5, 0.6) is 0 Å². The summed E-state index contributed by atoms with van der Waals surface area (Å²) in [6.45, 7) is -0.174. The first-order valence-electron chi connectivity index (χ1n) is 3.43. The summed E-state index contributed by atoms with van der Waals surface area (Å²) in [7, 11) is 1.27. The SMILES string of the molecule is COC(O)Cn1[c]n[nH]c(=O)c1=O. The highest BCUT2D eigenvalue weighted by molar-refractivity contribution is 4.73. The third kappa shape index (κ3) is 2.23. The van der Waals surface area contributed by atoms with Crippen molar-refractivity contribution in [1.82, 2.24) is 14.8 Å². The van der Waals surface area contributed by atoms with Crippen molar-refractivity contribution in [2.24, 2.45) is 0 Å². The molecule has 0 amide bonds. The molecule has 0 spiro atoms. The quantitative estimate of drug-likeness (QED) is 0.408. The third-order valence-electron chi connectivity index (χ3n) is 1.38. The summed E-state index contributed by atoms with van der Waals surface area (Å²) in [6, 6.07) is 0. The van der Waals surface area contributed by atoms with Crippen molar-refractivity contribution >= 4 is 0 Å². The van der Waals surface area contributed by atoms with Gasteiger partial charge in [0.1, 0.15) is 0 Å². The summed E-state index contributed by atoms with van der Waals surface area (Å²) >= 11 is 0. The Morgan fingerprint density at radius 1 is 1.77 bits per heavy atom. The summed E-state index contributed by atoms with van der Waals surface area (Å²) in [4.78, 5) is 21.7. The maximum absolute atomic E-state index is 11.0. The molecule has 1 radical (unpaired) electrons. The van der Waals surface area contributed by atoms with Crippen LogP contribution < -0.4 is 11.1 Å². The molecule has 0 fully saturated rings. The molecule has 1 aromatic rings. The maximum atomic E-state index is 11.0. The Morgan fingerprint density at radius 3 is 3.08 bits per heavy atom. The number of nitrogens with one attached hydrogen (secondary N) is 1. The van der Waals surface area contributed by atoms with Gasteiger partial charge in [-0.2, -0.15) is 5.10 Å². The number of aromatic nitrogens is 3. The van der Waals surface area contributed by atoms with E-state index in [1.165, 1.54) is 7.11 Å². The van der Waals surface area contributed by atoms with Gasteiger partial charge in [-0.05, 0) is 0 Å². The number of aromatic amines is 1. The Balaban J connectivity index is 2.96. The minimum Gasteiger partial charge on any atom is -0.366 e. The first-order chi connectivity index (χ1) is 6.15. The molecular formula is C6H8N3O4. The van der Waals surface area contributed by atoms with Gasteiger partial charge < -0.3 is 9.84 Å². The molecule has 71 valence electrons. The predicted octanol–water partition coefficient (Wildman–Crippen LogP) is -2.30. The number of nitrogens with zero attached hydrogens (tertiary/aromatic N) is 2. The molecule has 1 unspecified atom stereocenters. The number of hydrogen-bond acceptors (Lipinski definition) is 5. The van der Waals surface area contributed by atoms with Crippen LogP contribution in [0.15, 0.2) is 9.59 Å². The lowest BCUT2D eigenvalue weighted by Crippen LogP contribution is -2.39. The lowest BCUT2D eigenvalue weighted by Gasteiger charge is -2.07. The molecule has 0 saturated carbocycles. The van der Waals surface area contributed by atoms with E-state index >= 15 is 0 Å². The zero-order valence-corrected chi connectivity index (χ0v) is 6.85. The highest BCUT2D eigenvalue weighted by Gasteiger charge is 2.06. The Kier molecular flexibility index (Phi) is 2.93. The molecule has 0 aliphatic carbocycles. The lowest BCUT2D eigenvalue weighted by atomic mass is 10.6. The van der Waals surface area contributed by atoms with E-state index in [1.54, 1.807) is 0 Å². The number of H-pyrrole nitrogens is 1. The molecule has 0 aromatic carbocycles. The topological polar surface area (TPSA) is 97.2 Å². The Hall–Kier alpha value is -1.47.